The number of aryl methyl sites for hydroxylation is 1. The highest BCUT2D eigenvalue weighted by molar-refractivity contribution is 5.32. The van der Waals surface area contributed by atoms with E-state index in [0.29, 0.717) is 0 Å². The fraction of sp³-hybridized carbons (Fsp3) is 0.455. The second-order valence-electron chi connectivity index (χ2n) is 2.83. The predicted octanol–water partition coefficient (Wildman–Crippen LogP) is 1.79. The maximum absolute atomic E-state index is 8.84. The fourth-order valence-corrected chi connectivity index (χ4v) is 0.983. The molecule has 2 nitrogen and oxygen atoms in total. The first-order valence-electron chi connectivity index (χ1n) is 4.44. The molecule has 13 heavy (non-hydrogen) atoms. The van der Waals surface area contributed by atoms with E-state index in [1.165, 1.54) is 11.1 Å². The minimum atomic E-state index is 0.146. The first-order valence-corrected chi connectivity index (χ1v) is 4.44. The Morgan fingerprint density at radius 2 is 1.69 bits per heavy atom. The molecule has 0 aliphatic carbocycles. The van der Waals surface area contributed by atoms with Gasteiger partial charge in [-0.3, -0.25) is 0 Å². The minimum Gasteiger partial charge on any atom is -0.397 e. The van der Waals surface area contributed by atoms with E-state index in [-0.39, 0.29) is 13.2 Å². The second-order valence-corrected chi connectivity index (χ2v) is 2.83. The van der Waals surface area contributed by atoms with Crippen LogP contribution in [0.3, 0.4) is 0 Å². The molecule has 0 aromatic heterocycles. The van der Waals surface area contributed by atoms with Crippen molar-refractivity contribution in [3.63, 3.8) is 0 Å². The van der Waals surface area contributed by atoms with E-state index in [2.05, 4.69) is 13.0 Å². The average Bonchev–Trinajstić information content (AvgIpc) is 2.11. The van der Waals surface area contributed by atoms with E-state index >= 15 is 0 Å². The van der Waals surface area contributed by atoms with Crippen molar-refractivity contribution in [2.75, 3.05) is 6.61 Å². The van der Waals surface area contributed by atoms with Crippen LogP contribution in [0.4, 0.5) is 0 Å². The highest BCUT2D eigenvalue weighted by Crippen LogP contribution is 2.11. The van der Waals surface area contributed by atoms with Crippen LogP contribution in [-0.4, -0.2) is 16.8 Å². The van der Waals surface area contributed by atoms with Gasteiger partial charge in [-0.2, -0.15) is 0 Å². The maximum Gasteiger partial charge on any atom is 0.0684 e. The van der Waals surface area contributed by atoms with Gasteiger partial charge in [0.1, 0.15) is 0 Å². The quantitative estimate of drug-likeness (QED) is 0.695. The molecule has 0 saturated heterocycles. The van der Waals surface area contributed by atoms with Gasteiger partial charge in [-0.25, -0.2) is 0 Å². The lowest BCUT2D eigenvalue weighted by molar-refractivity contribution is 0.281. The van der Waals surface area contributed by atoms with Gasteiger partial charge >= 0.3 is 0 Å². The monoisotopic (exact) mass is 182 g/mol. The molecule has 2 heteroatoms. The summed E-state index contributed by atoms with van der Waals surface area (Å²) in [6.07, 6.45) is 0. The van der Waals surface area contributed by atoms with Gasteiger partial charge in [-0.15, -0.1) is 0 Å². The summed E-state index contributed by atoms with van der Waals surface area (Å²) in [4.78, 5) is 0. The third-order valence-corrected chi connectivity index (χ3v) is 1.89. The summed E-state index contributed by atoms with van der Waals surface area (Å²) in [5.74, 6) is 0. The zero-order valence-corrected chi connectivity index (χ0v) is 8.54. The molecule has 2 N–H and O–H groups in total. The summed E-state index contributed by atoms with van der Waals surface area (Å²) in [5.41, 5.74) is 3.47. The van der Waals surface area contributed by atoms with Crippen molar-refractivity contribution < 1.29 is 10.2 Å². The maximum atomic E-state index is 8.84. The smallest absolute Gasteiger partial charge is 0.0684 e. The first-order chi connectivity index (χ1) is 6.17. The highest BCUT2D eigenvalue weighted by atomic mass is 16.3. The van der Waals surface area contributed by atoms with E-state index in [9.17, 15) is 0 Å². The molecule has 0 aliphatic rings. The Morgan fingerprint density at radius 3 is 2.08 bits per heavy atom. The minimum absolute atomic E-state index is 0.146. The molecule has 0 unspecified atom stereocenters. The van der Waals surface area contributed by atoms with Crippen LogP contribution in [0.15, 0.2) is 18.2 Å². The Labute approximate surface area is 79.9 Å². The topological polar surface area (TPSA) is 40.5 Å². The lowest BCUT2D eigenvalue weighted by Gasteiger charge is -2.03. The molecule has 0 radical (unpaired) electrons. The third-order valence-electron chi connectivity index (χ3n) is 1.89. The first kappa shape index (κ1) is 12.1. The number of hydrogen-bond acceptors (Lipinski definition) is 2. The number of aliphatic hydroxyl groups is 2. The lowest BCUT2D eigenvalue weighted by atomic mass is 10.0. The summed E-state index contributed by atoms with van der Waals surface area (Å²) in [7, 11) is 0. The van der Waals surface area contributed by atoms with Crippen LogP contribution in [0, 0.1) is 13.8 Å². The van der Waals surface area contributed by atoms with Gasteiger partial charge in [-0.05, 0) is 37.5 Å². The zero-order chi connectivity index (χ0) is 10.3. The average molecular weight is 182 g/mol. The highest BCUT2D eigenvalue weighted by Gasteiger charge is 1.96. The van der Waals surface area contributed by atoms with Crippen LogP contribution >= 0.6 is 0 Å². The van der Waals surface area contributed by atoms with Crippen LogP contribution in [0.1, 0.15) is 23.6 Å². The van der Waals surface area contributed by atoms with Crippen molar-refractivity contribution in [1.29, 1.82) is 0 Å². The molecule has 0 amide bonds. The van der Waals surface area contributed by atoms with E-state index in [1.807, 2.05) is 19.1 Å². The normalized spacial score (nSPS) is 9.00. The lowest BCUT2D eigenvalue weighted by Crippen LogP contribution is -1.90. The van der Waals surface area contributed by atoms with Crippen molar-refractivity contribution in [2.24, 2.45) is 0 Å². The second kappa shape index (κ2) is 6.63. The van der Waals surface area contributed by atoms with Gasteiger partial charge < -0.3 is 10.2 Å². The van der Waals surface area contributed by atoms with Gasteiger partial charge in [0, 0.05) is 6.61 Å². The molecule has 0 saturated carbocycles. The Kier molecular flexibility index (Phi) is 6.20. The molecular formula is C11H18O2. The van der Waals surface area contributed by atoms with Crippen LogP contribution in [0.5, 0.6) is 0 Å². The van der Waals surface area contributed by atoms with Crippen molar-refractivity contribution >= 4 is 0 Å². The van der Waals surface area contributed by atoms with Gasteiger partial charge in [0.15, 0.2) is 0 Å². The largest absolute Gasteiger partial charge is 0.397 e. The van der Waals surface area contributed by atoms with Crippen molar-refractivity contribution in [3.05, 3.63) is 34.9 Å². The molecule has 0 aliphatic heterocycles. The SMILES string of the molecule is CCO.Cc1cccc(CO)c1C. The Hall–Kier alpha value is -0.860. The van der Waals surface area contributed by atoms with Gasteiger partial charge in [0.05, 0.1) is 6.61 Å². The molecule has 1 aromatic carbocycles. The Bertz CT molecular complexity index is 244. The van der Waals surface area contributed by atoms with Crippen molar-refractivity contribution in [3.8, 4) is 0 Å². The van der Waals surface area contributed by atoms with E-state index in [4.69, 9.17) is 10.2 Å². The van der Waals surface area contributed by atoms with Crippen LogP contribution in [0.2, 0.25) is 0 Å². The number of benzene rings is 1. The Balaban J connectivity index is 0.000000424. The van der Waals surface area contributed by atoms with E-state index in [1.54, 1.807) is 6.92 Å². The molecule has 0 bridgehead atoms. The van der Waals surface area contributed by atoms with Crippen molar-refractivity contribution in [2.45, 2.75) is 27.4 Å². The summed E-state index contributed by atoms with van der Waals surface area (Å²) >= 11 is 0. The van der Waals surface area contributed by atoms with Gasteiger partial charge in [0.2, 0.25) is 0 Å². The predicted molar refractivity (Wildman–Crippen MR) is 54.6 cm³/mol. The fourth-order valence-electron chi connectivity index (χ4n) is 0.983. The summed E-state index contributed by atoms with van der Waals surface area (Å²) in [6, 6.07) is 5.96. The van der Waals surface area contributed by atoms with E-state index < -0.39 is 0 Å². The number of rotatable bonds is 1. The van der Waals surface area contributed by atoms with Gasteiger partial charge in [-0.1, -0.05) is 18.2 Å². The molecule has 0 atom stereocenters. The molecule has 0 spiro atoms. The van der Waals surface area contributed by atoms with Gasteiger partial charge in [0.25, 0.3) is 0 Å². The van der Waals surface area contributed by atoms with Crippen molar-refractivity contribution in [1.82, 2.24) is 0 Å². The summed E-state index contributed by atoms with van der Waals surface area (Å²) in [6.45, 7) is 6.16. The Morgan fingerprint density at radius 1 is 1.15 bits per heavy atom. The molecule has 0 fully saturated rings. The number of hydrogen-bond donors (Lipinski definition) is 2. The van der Waals surface area contributed by atoms with Crippen LogP contribution in [-0.2, 0) is 6.61 Å². The van der Waals surface area contributed by atoms with Crippen LogP contribution < -0.4 is 0 Å². The standard InChI is InChI=1S/C9H12O.C2H6O/c1-7-4-3-5-9(6-10)8(7)2;1-2-3/h3-5,10H,6H2,1-2H3;3H,2H2,1H3. The zero-order valence-electron chi connectivity index (χ0n) is 8.54. The number of aliphatic hydroxyl groups excluding tert-OH is 2. The third kappa shape index (κ3) is 4.06. The molecular weight excluding hydrogens is 164 g/mol. The molecule has 1 rings (SSSR count). The molecule has 1 aromatic rings. The summed E-state index contributed by atoms with van der Waals surface area (Å²) in [5, 5.41) is 16.4. The van der Waals surface area contributed by atoms with Crippen LogP contribution in [0.25, 0.3) is 0 Å². The molecule has 74 valence electrons. The summed E-state index contributed by atoms with van der Waals surface area (Å²) < 4.78 is 0. The molecule has 0 heterocycles. The van der Waals surface area contributed by atoms with E-state index in [0.717, 1.165) is 5.56 Å².